The molecule has 0 aliphatic carbocycles. The highest BCUT2D eigenvalue weighted by molar-refractivity contribution is 9.10. The van der Waals surface area contributed by atoms with Crippen LogP contribution < -0.4 is 11.1 Å². The lowest BCUT2D eigenvalue weighted by Crippen LogP contribution is -2.33. The molecule has 0 spiro atoms. The largest absolute Gasteiger partial charge is 0.339 e. The molecule has 0 atom stereocenters. The summed E-state index contributed by atoms with van der Waals surface area (Å²) in [6.45, 7) is 0. The Kier molecular flexibility index (Phi) is 4.01. The van der Waals surface area contributed by atoms with Crippen molar-refractivity contribution in [2.75, 3.05) is 0 Å². The lowest BCUT2D eigenvalue weighted by molar-refractivity contribution is 0.112. The van der Waals surface area contributed by atoms with Crippen LogP contribution in [0, 0.1) is 0 Å². The number of hydrogen-bond donors (Lipinski definition) is 1. The highest BCUT2D eigenvalue weighted by atomic mass is 79.9. The van der Waals surface area contributed by atoms with E-state index in [1.807, 2.05) is 0 Å². The number of aromatic amines is 1. The van der Waals surface area contributed by atoms with Gasteiger partial charge in [0.25, 0.3) is 0 Å². The molecule has 6 nitrogen and oxygen atoms in total. The Morgan fingerprint density at radius 3 is 2.84 bits per heavy atom. The molecule has 19 heavy (non-hydrogen) atoms. The number of aldehydes is 1. The third-order valence-electron chi connectivity index (χ3n) is 2.25. The number of hydrogen-bond acceptors (Lipinski definition) is 5. The third-order valence-corrected chi connectivity index (χ3v) is 3.88. The summed E-state index contributed by atoms with van der Waals surface area (Å²) in [5.74, 6) is 0. The highest BCUT2D eigenvalue weighted by Crippen LogP contribution is 2.28. The van der Waals surface area contributed by atoms with Crippen molar-refractivity contribution in [2.45, 2.75) is 10.1 Å². The van der Waals surface area contributed by atoms with Crippen molar-refractivity contribution in [3.63, 3.8) is 0 Å². The molecule has 98 valence electrons. The normalized spacial score (nSPS) is 10.4. The average Bonchev–Trinajstić information content (AvgIpc) is 2.37. The number of benzene rings is 1. The fourth-order valence-electron chi connectivity index (χ4n) is 1.35. The molecule has 0 radical (unpaired) electrons. The first-order chi connectivity index (χ1) is 9.01. The van der Waals surface area contributed by atoms with Crippen LogP contribution >= 0.6 is 27.7 Å². The molecule has 2 rings (SSSR count). The van der Waals surface area contributed by atoms with Crippen LogP contribution in [0.2, 0.25) is 0 Å². The van der Waals surface area contributed by atoms with Crippen molar-refractivity contribution >= 4 is 34.0 Å². The van der Waals surface area contributed by atoms with Gasteiger partial charge in [0.15, 0.2) is 11.4 Å². The van der Waals surface area contributed by atoms with Crippen molar-refractivity contribution < 1.29 is 4.79 Å². The van der Waals surface area contributed by atoms with Gasteiger partial charge in [-0.3, -0.25) is 24.2 Å². The molecule has 1 heterocycles. The molecule has 1 aromatic carbocycles. The van der Waals surface area contributed by atoms with Crippen LogP contribution in [0.1, 0.15) is 10.4 Å². The molecular weight excluding hydrogens is 334 g/mol. The smallest absolute Gasteiger partial charge is 0.298 e. The maximum Gasteiger partial charge on any atom is 0.339 e. The summed E-state index contributed by atoms with van der Waals surface area (Å²) in [7, 11) is 1.57. The summed E-state index contributed by atoms with van der Waals surface area (Å²) >= 11 is 4.40. The molecule has 0 fully saturated rings. The molecule has 0 aliphatic rings. The van der Waals surface area contributed by atoms with Crippen LogP contribution in [0.25, 0.3) is 0 Å². The van der Waals surface area contributed by atoms with Crippen LogP contribution in [0.4, 0.5) is 0 Å². The first kappa shape index (κ1) is 13.8. The van der Waals surface area contributed by atoms with E-state index in [1.54, 1.807) is 25.2 Å². The second-order valence-electron chi connectivity index (χ2n) is 3.60. The zero-order valence-electron chi connectivity index (χ0n) is 9.71. The molecule has 1 aromatic heterocycles. The van der Waals surface area contributed by atoms with Crippen LogP contribution in [0.3, 0.4) is 0 Å². The molecule has 0 unspecified atom stereocenters. The van der Waals surface area contributed by atoms with Crippen molar-refractivity contribution in [1.29, 1.82) is 0 Å². The maximum absolute atomic E-state index is 11.2. The molecule has 0 saturated heterocycles. The summed E-state index contributed by atoms with van der Waals surface area (Å²) in [5.41, 5.74) is -1.16. The van der Waals surface area contributed by atoms with E-state index in [0.29, 0.717) is 15.6 Å². The lowest BCUT2D eigenvalue weighted by atomic mass is 10.2. The first-order valence-electron chi connectivity index (χ1n) is 5.11. The van der Waals surface area contributed by atoms with Crippen molar-refractivity contribution in [1.82, 2.24) is 14.8 Å². The van der Waals surface area contributed by atoms with Gasteiger partial charge >= 0.3 is 11.1 Å². The minimum absolute atomic E-state index is 0.301. The van der Waals surface area contributed by atoms with Gasteiger partial charge in [-0.05, 0) is 30.0 Å². The zero-order valence-corrected chi connectivity index (χ0v) is 12.1. The van der Waals surface area contributed by atoms with E-state index >= 15 is 0 Å². The van der Waals surface area contributed by atoms with E-state index in [-0.39, 0.29) is 0 Å². The van der Waals surface area contributed by atoms with E-state index in [2.05, 4.69) is 26.0 Å². The molecule has 0 amide bonds. The quantitative estimate of drug-likeness (QED) is 0.669. The number of halogens is 1. The maximum atomic E-state index is 11.2. The van der Waals surface area contributed by atoms with Gasteiger partial charge in [-0.2, -0.15) is 4.98 Å². The van der Waals surface area contributed by atoms with Crippen LogP contribution in [0.15, 0.2) is 42.3 Å². The van der Waals surface area contributed by atoms with Gasteiger partial charge in [0.05, 0.1) is 0 Å². The second kappa shape index (κ2) is 5.54. The van der Waals surface area contributed by atoms with Gasteiger partial charge in [0, 0.05) is 22.0 Å². The number of carbonyl (C=O) groups excluding carboxylic acids is 1. The summed E-state index contributed by atoms with van der Waals surface area (Å²) in [4.78, 5) is 37.6. The summed E-state index contributed by atoms with van der Waals surface area (Å²) in [6.07, 6.45) is 0.719. The Balaban J connectivity index is 2.47. The number of nitrogens with zero attached hydrogens (tertiary/aromatic N) is 2. The fourth-order valence-corrected chi connectivity index (χ4v) is 2.60. The van der Waals surface area contributed by atoms with Crippen LogP contribution in [0.5, 0.6) is 0 Å². The van der Waals surface area contributed by atoms with Crippen molar-refractivity contribution in [3.05, 3.63) is 48.9 Å². The Labute approximate surface area is 120 Å². The van der Waals surface area contributed by atoms with Crippen LogP contribution in [-0.4, -0.2) is 21.1 Å². The van der Waals surface area contributed by atoms with E-state index in [1.165, 1.54) is 4.68 Å². The van der Waals surface area contributed by atoms with Gasteiger partial charge in [0.1, 0.15) is 0 Å². The zero-order chi connectivity index (χ0) is 14.0. The van der Waals surface area contributed by atoms with Crippen molar-refractivity contribution in [2.24, 2.45) is 7.05 Å². The van der Waals surface area contributed by atoms with E-state index in [9.17, 15) is 14.4 Å². The molecule has 1 N–H and O–H groups in total. The second-order valence-corrected chi connectivity index (χ2v) is 5.53. The number of aromatic nitrogens is 3. The summed E-state index contributed by atoms with van der Waals surface area (Å²) < 4.78 is 2.12. The number of nitrogens with one attached hydrogen (secondary N) is 1. The van der Waals surface area contributed by atoms with E-state index in [0.717, 1.165) is 22.5 Å². The Hall–Kier alpha value is -1.67. The molecule has 0 saturated carbocycles. The van der Waals surface area contributed by atoms with Gasteiger partial charge < -0.3 is 0 Å². The Morgan fingerprint density at radius 1 is 1.42 bits per heavy atom. The standard InChI is InChI=1S/C11H8BrN3O3S/c1-15-11(13-9(17)10(18)14-15)19-8-3-2-7(12)4-6(8)5-16/h2-5H,1H3,(H,14,18). The monoisotopic (exact) mass is 341 g/mol. The Bertz CT molecular complexity index is 754. The molecule has 0 bridgehead atoms. The third kappa shape index (κ3) is 3.02. The SMILES string of the molecule is Cn1[nH]c(=O)c(=O)nc1Sc1ccc(Br)cc1C=O. The Morgan fingerprint density at radius 2 is 2.16 bits per heavy atom. The summed E-state index contributed by atoms with van der Waals surface area (Å²) in [6, 6.07) is 5.17. The molecule has 2 aromatic rings. The minimum atomic E-state index is -0.856. The molecule has 0 aliphatic heterocycles. The predicted octanol–water partition coefficient (Wildman–Crippen LogP) is 1.19. The van der Waals surface area contributed by atoms with Gasteiger partial charge in [-0.1, -0.05) is 15.9 Å². The number of carbonyl (C=O) groups is 1. The minimum Gasteiger partial charge on any atom is -0.298 e. The fraction of sp³-hybridized carbons (Fsp3) is 0.0909. The van der Waals surface area contributed by atoms with Crippen molar-refractivity contribution in [3.8, 4) is 0 Å². The van der Waals surface area contributed by atoms with Gasteiger partial charge in [0.2, 0.25) is 0 Å². The van der Waals surface area contributed by atoms with E-state index < -0.39 is 11.1 Å². The first-order valence-corrected chi connectivity index (χ1v) is 6.72. The average molecular weight is 342 g/mol. The van der Waals surface area contributed by atoms with Crippen LogP contribution in [-0.2, 0) is 7.05 Å². The molecular formula is C11H8BrN3O3S. The predicted molar refractivity (Wildman–Crippen MR) is 73.8 cm³/mol. The van der Waals surface area contributed by atoms with E-state index in [4.69, 9.17) is 0 Å². The molecule has 8 heteroatoms. The van der Waals surface area contributed by atoms with Gasteiger partial charge in [-0.25, -0.2) is 0 Å². The van der Waals surface area contributed by atoms with Gasteiger partial charge in [-0.15, -0.1) is 0 Å². The topological polar surface area (TPSA) is 84.8 Å². The number of aryl methyl sites for hydroxylation is 1. The number of rotatable bonds is 3. The highest BCUT2D eigenvalue weighted by Gasteiger charge is 2.09. The summed E-state index contributed by atoms with van der Waals surface area (Å²) in [5, 5.41) is 2.64. The lowest BCUT2D eigenvalue weighted by Gasteiger charge is -2.07. The number of H-pyrrole nitrogens is 1.